The van der Waals surface area contributed by atoms with E-state index in [1.807, 2.05) is 55.6 Å². The van der Waals surface area contributed by atoms with Crippen LogP contribution < -0.4 is 0 Å². The Morgan fingerprint density at radius 3 is 2.09 bits per heavy atom. The standard InChI is InChI=1S/C28H27ClN2O/c1-30(2)18-20-7-16-27-24(17-20)5-4-6-25(27)19-31(3)28(32)23-10-8-21(9-11-23)22-12-14-26(29)15-13-22/h4-17H,18-19H2,1-3H3. The van der Waals surface area contributed by atoms with Crippen molar-refractivity contribution in [1.82, 2.24) is 9.80 Å². The van der Waals surface area contributed by atoms with Crippen LogP contribution in [0.4, 0.5) is 0 Å². The van der Waals surface area contributed by atoms with Crippen molar-refractivity contribution in [3.63, 3.8) is 0 Å². The fourth-order valence-electron chi connectivity index (χ4n) is 4.00. The zero-order valence-electron chi connectivity index (χ0n) is 18.7. The first-order chi connectivity index (χ1) is 15.4. The van der Waals surface area contributed by atoms with Crippen molar-refractivity contribution in [1.29, 1.82) is 0 Å². The molecule has 1 amide bonds. The minimum atomic E-state index is 0.00823. The Labute approximate surface area is 194 Å². The summed E-state index contributed by atoms with van der Waals surface area (Å²) < 4.78 is 0. The van der Waals surface area contributed by atoms with E-state index in [0.29, 0.717) is 17.1 Å². The summed E-state index contributed by atoms with van der Waals surface area (Å²) in [5.41, 5.74) is 5.24. The molecule has 0 aliphatic carbocycles. The molecule has 0 atom stereocenters. The van der Waals surface area contributed by atoms with Gasteiger partial charge in [-0.15, -0.1) is 0 Å². The van der Waals surface area contributed by atoms with Crippen LogP contribution in [0.15, 0.2) is 84.9 Å². The van der Waals surface area contributed by atoms with Crippen LogP contribution in [0.2, 0.25) is 5.02 Å². The number of rotatable bonds is 6. The molecule has 0 radical (unpaired) electrons. The molecule has 4 rings (SSSR count). The van der Waals surface area contributed by atoms with Gasteiger partial charge in [-0.3, -0.25) is 4.79 Å². The van der Waals surface area contributed by atoms with Gasteiger partial charge in [-0.2, -0.15) is 0 Å². The molecule has 0 heterocycles. The van der Waals surface area contributed by atoms with Gasteiger partial charge < -0.3 is 9.80 Å². The first kappa shape index (κ1) is 22.1. The molecule has 0 unspecified atom stereocenters. The molecule has 4 heteroatoms. The summed E-state index contributed by atoms with van der Waals surface area (Å²) in [4.78, 5) is 17.0. The summed E-state index contributed by atoms with van der Waals surface area (Å²) in [6, 6.07) is 28.3. The van der Waals surface area contributed by atoms with Crippen LogP contribution in [0.25, 0.3) is 21.9 Å². The summed E-state index contributed by atoms with van der Waals surface area (Å²) in [5.74, 6) is 0.00823. The molecule has 0 spiro atoms. The number of nitrogens with zero attached hydrogens (tertiary/aromatic N) is 2. The number of benzene rings is 4. The average molecular weight is 443 g/mol. The Bertz CT molecular complexity index is 1230. The molecule has 0 saturated heterocycles. The Kier molecular flexibility index (Phi) is 6.59. The number of carbonyl (C=O) groups is 1. The number of hydrogen-bond acceptors (Lipinski definition) is 2. The van der Waals surface area contributed by atoms with Crippen LogP contribution in [0.1, 0.15) is 21.5 Å². The zero-order chi connectivity index (χ0) is 22.7. The number of amides is 1. The van der Waals surface area contributed by atoms with E-state index in [0.717, 1.165) is 23.2 Å². The van der Waals surface area contributed by atoms with Crippen molar-refractivity contribution in [3.05, 3.63) is 107 Å². The third-order valence-corrected chi connectivity index (χ3v) is 5.85. The van der Waals surface area contributed by atoms with Gasteiger partial charge in [0.15, 0.2) is 0 Å². The molecular weight excluding hydrogens is 416 g/mol. The van der Waals surface area contributed by atoms with E-state index in [1.165, 1.54) is 16.3 Å². The Hall–Kier alpha value is -3.14. The molecule has 0 bridgehead atoms. The van der Waals surface area contributed by atoms with Crippen molar-refractivity contribution < 1.29 is 4.79 Å². The molecule has 0 aliphatic rings. The maximum Gasteiger partial charge on any atom is 0.253 e. The van der Waals surface area contributed by atoms with Crippen LogP contribution in [-0.2, 0) is 13.1 Å². The Morgan fingerprint density at radius 1 is 0.781 bits per heavy atom. The van der Waals surface area contributed by atoms with E-state index in [9.17, 15) is 4.79 Å². The maximum absolute atomic E-state index is 13.1. The van der Waals surface area contributed by atoms with Gasteiger partial charge in [0.05, 0.1) is 0 Å². The van der Waals surface area contributed by atoms with Crippen LogP contribution in [0.5, 0.6) is 0 Å². The molecule has 0 aliphatic heterocycles. The van der Waals surface area contributed by atoms with Crippen LogP contribution >= 0.6 is 11.6 Å². The summed E-state index contributed by atoms with van der Waals surface area (Å²) >= 11 is 5.98. The van der Waals surface area contributed by atoms with Crippen molar-refractivity contribution in [2.45, 2.75) is 13.1 Å². The second-order valence-corrected chi connectivity index (χ2v) is 8.89. The molecule has 0 saturated carbocycles. The van der Waals surface area contributed by atoms with Crippen molar-refractivity contribution in [2.24, 2.45) is 0 Å². The van der Waals surface area contributed by atoms with E-state index < -0.39 is 0 Å². The summed E-state index contributed by atoms with van der Waals surface area (Å²) in [7, 11) is 6.00. The van der Waals surface area contributed by atoms with E-state index in [4.69, 9.17) is 11.6 Å². The lowest BCUT2D eigenvalue weighted by atomic mass is 10.0. The van der Waals surface area contributed by atoms with Gasteiger partial charge in [-0.25, -0.2) is 0 Å². The SMILES string of the molecule is CN(C)Cc1ccc2c(CN(C)C(=O)c3ccc(-c4ccc(Cl)cc4)cc3)cccc2c1. The largest absolute Gasteiger partial charge is 0.337 e. The van der Waals surface area contributed by atoms with Gasteiger partial charge in [-0.05, 0) is 77.5 Å². The monoisotopic (exact) mass is 442 g/mol. The topological polar surface area (TPSA) is 23.6 Å². The highest BCUT2D eigenvalue weighted by Crippen LogP contribution is 2.24. The minimum absolute atomic E-state index is 0.00823. The fourth-order valence-corrected chi connectivity index (χ4v) is 4.12. The number of fused-ring (bicyclic) bond motifs is 1. The quantitative estimate of drug-likeness (QED) is 0.340. The lowest BCUT2D eigenvalue weighted by Gasteiger charge is -2.19. The van der Waals surface area contributed by atoms with Gasteiger partial charge in [-0.1, -0.05) is 66.2 Å². The number of halogens is 1. The van der Waals surface area contributed by atoms with Crippen molar-refractivity contribution >= 4 is 28.3 Å². The van der Waals surface area contributed by atoms with Gasteiger partial charge >= 0.3 is 0 Å². The Balaban J connectivity index is 1.51. The Morgan fingerprint density at radius 2 is 1.44 bits per heavy atom. The third-order valence-electron chi connectivity index (χ3n) is 5.60. The van der Waals surface area contributed by atoms with E-state index in [-0.39, 0.29) is 5.91 Å². The van der Waals surface area contributed by atoms with Crippen molar-refractivity contribution in [3.8, 4) is 11.1 Å². The first-order valence-electron chi connectivity index (χ1n) is 10.7. The maximum atomic E-state index is 13.1. The smallest absolute Gasteiger partial charge is 0.253 e. The summed E-state index contributed by atoms with van der Waals surface area (Å²) in [6.45, 7) is 1.46. The predicted octanol–water partition coefficient (Wildman–Crippen LogP) is 6.49. The number of carbonyl (C=O) groups excluding carboxylic acids is 1. The predicted molar refractivity (Wildman–Crippen MR) is 134 cm³/mol. The van der Waals surface area contributed by atoms with Gasteiger partial charge in [0.2, 0.25) is 0 Å². The molecule has 4 aromatic rings. The second-order valence-electron chi connectivity index (χ2n) is 8.46. The molecule has 3 nitrogen and oxygen atoms in total. The molecule has 0 fully saturated rings. The van der Waals surface area contributed by atoms with Gasteiger partial charge in [0.25, 0.3) is 5.91 Å². The van der Waals surface area contributed by atoms with Gasteiger partial charge in [0, 0.05) is 30.7 Å². The zero-order valence-corrected chi connectivity index (χ0v) is 19.4. The van der Waals surface area contributed by atoms with Crippen LogP contribution in [0.3, 0.4) is 0 Å². The lowest BCUT2D eigenvalue weighted by molar-refractivity contribution is 0.0785. The second kappa shape index (κ2) is 9.56. The highest BCUT2D eigenvalue weighted by molar-refractivity contribution is 6.30. The lowest BCUT2D eigenvalue weighted by Crippen LogP contribution is -2.26. The van der Waals surface area contributed by atoms with Crippen molar-refractivity contribution in [2.75, 3.05) is 21.1 Å². The fraction of sp³-hybridized carbons (Fsp3) is 0.179. The molecule has 4 aromatic carbocycles. The van der Waals surface area contributed by atoms with E-state index in [1.54, 1.807) is 4.90 Å². The average Bonchev–Trinajstić information content (AvgIpc) is 2.79. The third kappa shape index (κ3) is 5.01. The van der Waals surface area contributed by atoms with E-state index in [2.05, 4.69) is 55.4 Å². The van der Waals surface area contributed by atoms with Crippen LogP contribution in [-0.4, -0.2) is 36.9 Å². The van der Waals surface area contributed by atoms with Gasteiger partial charge in [0.1, 0.15) is 0 Å². The highest BCUT2D eigenvalue weighted by atomic mass is 35.5. The minimum Gasteiger partial charge on any atom is -0.337 e. The first-order valence-corrected chi connectivity index (χ1v) is 11.1. The highest BCUT2D eigenvalue weighted by Gasteiger charge is 2.14. The van der Waals surface area contributed by atoms with E-state index >= 15 is 0 Å². The molecule has 0 N–H and O–H groups in total. The number of hydrogen-bond donors (Lipinski definition) is 0. The molecular formula is C28H27ClN2O. The summed E-state index contributed by atoms with van der Waals surface area (Å²) in [6.07, 6.45) is 0. The summed E-state index contributed by atoms with van der Waals surface area (Å²) in [5, 5.41) is 3.10. The molecule has 0 aromatic heterocycles. The molecule has 162 valence electrons. The molecule has 32 heavy (non-hydrogen) atoms. The van der Waals surface area contributed by atoms with Crippen LogP contribution in [0, 0.1) is 0 Å². The normalized spacial score (nSPS) is 11.2.